The second kappa shape index (κ2) is 15.3. The van der Waals surface area contributed by atoms with Crippen LogP contribution in [0.5, 0.6) is 0 Å². The van der Waals surface area contributed by atoms with Gasteiger partial charge in [0.15, 0.2) is 5.71 Å². The Bertz CT molecular complexity index is 1730. The molecule has 3 aliphatic rings. The predicted molar refractivity (Wildman–Crippen MR) is 201 cm³/mol. The van der Waals surface area contributed by atoms with Crippen molar-refractivity contribution in [2.75, 3.05) is 18.0 Å². The van der Waals surface area contributed by atoms with Gasteiger partial charge in [-0.1, -0.05) is 106 Å². The van der Waals surface area contributed by atoms with E-state index in [4.69, 9.17) is 4.66 Å². The van der Waals surface area contributed by atoms with Crippen LogP contribution < -0.4 is 9.56 Å². The summed E-state index contributed by atoms with van der Waals surface area (Å²) in [6.45, 7) is 16.2. The minimum Gasteiger partial charge on any atom is -0.769 e. The Hall–Kier alpha value is -3.31. The van der Waals surface area contributed by atoms with Crippen LogP contribution in [0.25, 0.3) is 0 Å². The third-order valence-corrected chi connectivity index (χ3v) is 11.1. The van der Waals surface area contributed by atoms with E-state index < -0.39 is 0 Å². The van der Waals surface area contributed by atoms with Gasteiger partial charge < -0.3 is 9.56 Å². The van der Waals surface area contributed by atoms with Crippen LogP contribution in [0.15, 0.2) is 130 Å². The summed E-state index contributed by atoms with van der Waals surface area (Å²) in [7, 11) is 0. The van der Waals surface area contributed by atoms with E-state index in [1.807, 2.05) is 11.8 Å². The molecule has 246 valence electrons. The molecule has 47 heavy (non-hydrogen) atoms. The maximum absolute atomic E-state index is 7.72. The van der Waals surface area contributed by atoms with Gasteiger partial charge in [-0.15, -0.1) is 0 Å². The lowest BCUT2D eigenvalue weighted by Crippen LogP contribution is -2.28. The zero-order valence-electron chi connectivity index (χ0n) is 28.9. The van der Waals surface area contributed by atoms with Crippen LogP contribution in [0, 0.1) is 0 Å². The molecule has 3 nitrogen and oxygen atoms in total. The van der Waals surface area contributed by atoms with E-state index in [0.29, 0.717) is 0 Å². The Morgan fingerprint density at radius 3 is 2.19 bits per heavy atom. The fraction of sp³-hybridized carbons (Fsp3) is 0.357. The van der Waals surface area contributed by atoms with Gasteiger partial charge in [0, 0.05) is 57.3 Å². The zero-order valence-corrected chi connectivity index (χ0v) is 30.4. The number of hydrogen-bond donors (Lipinski definition) is 0. The number of nitrogens with zero attached hydrogens (tertiary/aromatic N) is 2. The molecule has 2 heterocycles. The van der Waals surface area contributed by atoms with Gasteiger partial charge in [0.1, 0.15) is 6.54 Å². The first-order valence-corrected chi connectivity index (χ1v) is 18.2. The molecule has 0 unspecified atom stereocenters. The number of benzene rings is 3. The first-order valence-electron chi connectivity index (χ1n) is 17.1. The van der Waals surface area contributed by atoms with Crippen molar-refractivity contribution in [1.29, 1.82) is 0 Å². The van der Waals surface area contributed by atoms with Crippen LogP contribution in [-0.2, 0) is 10.8 Å². The van der Waals surface area contributed by atoms with Gasteiger partial charge in [0.2, 0.25) is 5.69 Å². The number of anilines is 1. The molecule has 0 spiro atoms. The largest absolute Gasteiger partial charge is 0.769 e. The summed E-state index contributed by atoms with van der Waals surface area (Å²) < 4.78 is 10.3. The second-order valence-corrected chi connectivity index (χ2v) is 14.8. The molecular formula is C42H49ClN2OS. The SMILES string of the molecule is CCCN1/C(=C/C=C2\CCCC(/C=C/C3=[N+](CCC)c4ccccc4C3(C)C)=C2Sc2ccccc2)C(C)(C)c2ccccc21.[O-]Cl. The summed E-state index contributed by atoms with van der Waals surface area (Å²) >= 11 is 5.33. The Morgan fingerprint density at radius 2 is 1.47 bits per heavy atom. The zero-order chi connectivity index (χ0) is 33.6. The van der Waals surface area contributed by atoms with Crippen LogP contribution in [0.3, 0.4) is 0 Å². The minimum absolute atomic E-state index is 0.0287. The Morgan fingerprint density at radius 1 is 0.787 bits per heavy atom. The molecule has 6 rings (SSSR count). The Labute approximate surface area is 292 Å². The summed E-state index contributed by atoms with van der Waals surface area (Å²) in [6.07, 6.45) is 15.4. The fourth-order valence-corrected chi connectivity index (χ4v) is 8.66. The summed E-state index contributed by atoms with van der Waals surface area (Å²) in [5, 5.41) is 0. The molecule has 0 N–H and O–H groups in total. The highest BCUT2D eigenvalue weighted by Crippen LogP contribution is 2.48. The van der Waals surface area contributed by atoms with Crippen LogP contribution in [-0.4, -0.2) is 23.4 Å². The van der Waals surface area contributed by atoms with Crippen LogP contribution in [0.4, 0.5) is 11.4 Å². The number of fused-ring (bicyclic) bond motifs is 2. The van der Waals surface area contributed by atoms with Crippen molar-refractivity contribution in [3.63, 3.8) is 0 Å². The number of thioether (sulfide) groups is 1. The Kier molecular flexibility index (Phi) is 11.4. The molecule has 0 aromatic heterocycles. The van der Waals surface area contributed by atoms with Gasteiger partial charge in [-0.25, -0.2) is 11.9 Å². The van der Waals surface area contributed by atoms with E-state index >= 15 is 0 Å². The first kappa shape index (κ1) is 35.0. The molecular weight excluding hydrogens is 616 g/mol. The fourth-order valence-electron chi connectivity index (χ4n) is 7.53. The van der Waals surface area contributed by atoms with Crippen molar-refractivity contribution in [1.82, 2.24) is 0 Å². The molecule has 0 atom stereocenters. The molecule has 0 fully saturated rings. The number of halogens is 1. The maximum Gasteiger partial charge on any atom is 0.209 e. The molecule has 3 aromatic rings. The maximum atomic E-state index is 7.72. The molecule has 2 aliphatic heterocycles. The predicted octanol–water partition coefficient (Wildman–Crippen LogP) is 10.8. The molecule has 3 aromatic carbocycles. The highest BCUT2D eigenvalue weighted by atomic mass is 35.5. The summed E-state index contributed by atoms with van der Waals surface area (Å²) in [6, 6.07) is 28.9. The van der Waals surface area contributed by atoms with E-state index in [0.717, 1.165) is 38.8 Å². The smallest absolute Gasteiger partial charge is 0.209 e. The second-order valence-electron chi connectivity index (χ2n) is 13.7. The van der Waals surface area contributed by atoms with Crippen LogP contribution >= 0.6 is 23.6 Å². The van der Waals surface area contributed by atoms with Gasteiger partial charge >= 0.3 is 0 Å². The van der Waals surface area contributed by atoms with E-state index in [9.17, 15) is 0 Å². The molecule has 0 bridgehead atoms. The summed E-state index contributed by atoms with van der Waals surface area (Å²) in [5.41, 5.74) is 11.2. The average Bonchev–Trinajstić information content (AvgIpc) is 3.43. The average molecular weight is 665 g/mol. The molecule has 1 aliphatic carbocycles. The van der Waals surface area contributed by atoms with Crippen molar-refractivity contribution < 1.29 is 9.23 Å². The van der Waals surface area contributed by atoms with E-state index in [1.165, 1.54) is 61.3 Å². The third kappa shape index (κ3) is 6.97. The standard InChI is InChI=1S/C42H49N2S.ClO/c1-7-29-43-36-23-14-12-21-34(36)41(3,4)38(43)27-25-31-17-16-18-32(40(31)45-33-19-10-9-11-20-33)26-28-39-42(5,6)35-22-13-15-24-37(35)44(39)30-8-2;1-2/h9-15,19-28H,7-8,16-18,29-30H2,1-6H3;/q+1;-1. The van der Waals surface area contributed by atoms with Gasteiger partial charge in [-0.3, -0.25) is 0 Å². The van der Waals surface area contributed by atoms with Gasteiger partial charge in [0.25, 0.3) is 0 Å². The number of allylic oxidation sites excluding steroid dienone is 7. The van der Waals surface area contributed by atoms with E-state index in [-0.39, 0.29) is 10.8 Å². The van der Waals surface area contributed by atoms with Gasteiger partial charge in [-0.05, 0) is 80.5 Å². The van der Waals surface area contributed by atoms with Crippen molar-refractivity contribution >= 4 is 40.7 Å². The van der Waals surface area contributed by atoms with Crippen molar-refractivity contribution in [3.05, 3.63) is 136 Å². The summed E-state index contributed by atoms with van der Waals surface area (Å²) in [4.78, 5) is 5.28. The van der Waals surface area contributed by atoms with Crippen LogP contribution in [0.1, 0.15) is 84.8 Å². The van der Waals surface area contributed by atoms with Crippen LogP contribution in [0.2, 0.25) is 0 Å². The van der Waals surface area contributed by atoms with Crippen molar-refractivity contribution in [3.8, 4) is 0 Å². The van der Waals surface area contributed by atoms with E-state index in [2.05, 4.69) is 166 Å². The van der Waals surface area contributed by atoms with Gasteiger partial charge in [-0.2, -0.15) is 4.58 Å². The molecule has 0 radical (unpaired) electrons. The number of hydrogen-bond acceptors (Lipinski definition) is 3. The molecule has 5 heteroatoms. The monoisotopic (exact) mass is 664 g/mol. The van der Waals surface area contributed by atoms with Gasteiger partial charge in [0.05, 0.1) is 5.41 Å². The Balaban J connectivity index is 0.00000213. The molecule has 0 saturated heterocycles. The molecule has 0 amide bonds. The third-order valence-electron chi connectivity index (χ3n) is 9.82. The van der Waals surface area contributed by atoms with Crippen molar-refractivity contribution in [2.45, 2.75) is 89.4 Å². The lowest BCUT2D eigenvalue weighted by Gasteiger charge is -2.27. The van der Waals surface area contributed by atoms with E-state index in [1.54, 1.807) is 0 Å². The highest BCUT2D eigenvalue weighted by Gasteiger charge is 2.44. The summed E-state index contributed by atoms with van der Waals surface area (Å²) in [5.74, 6) is 0. The quantitative estimate of drug-likeness (QED) is 0.213. The number of para-hydroxylation sites is 2. The topological polar surface area (TPSA) is 29.3 Å². The highest BCUT2D eigenvalue weighted by molar-refractivity contribution is 8.03. The lowest BCUT2D eigenvalue weighted by molar-refractivity contribution is -0.437. The lowest BCUT2D eigenvalue weighted by atomic mass is 9.81. The molecule has 0 saturated carbocycles. The minimum atomic E-state index is -0.0287. The normalized spacial score (nSPS) is 19.8. The number of rotatable bonds is 9. The van der Waals surface area contributed by atoms with Crippen molar-refractivity contribution in [2.24, 2.45) is 0 Å². The first-order chi connectivity index (χ1) is 22.8.